The van der Waals surface area contributed by atoms with Gasteiger partial charge in [-0.1, -0.05) is 18.2 Å². The summed E-state index contributed by atoms with van der Waals surface area (Å²) in [7, 11) is 2.11. The first kappa shape index (κ1) is 13.2. The number of alkyl halides is 1. The van der Waals surface area contributed by atoms with E-state index in [1.165, 1.54) is 11.1 Å². The fourth-order valence-corrected chi connectivity index (χ4v) is 2.19. The van der Waals surface area contributed by atoms with Crippen LogP contribution in [0.25, 0.3) is 10.9 Å². The van der Waals surface area contributed by atoms with Crippen molar-refractivity contribution in [3.8, 4) is 0 Å². The second-order valence-corrected chi connectivity index (χ2v) is 5.54. The van der Waals surface area contributed by atoms with Gasteiger partial charge in [0, 0.05) is 35.7 Å². The Kier molecular flexibility index (Phi) is 4.07. The Balaban J connectivity index is 2.36. The lowest BCUT2D eigenvalue weighted by molar-refractivity contribution is 0.774. The Morgan fingerprint density at radius 3 is 2.78 bits per heavy atom. The Hall–Kier alpha value is -1.28. The van der Waals surface area contributed by atoms with E-state index in [9.17, 15) is 0 Å². The number of benzene rings is 1. The van der Waals surface area contributed by atoms with Crippen LogP contribution in [-0.2, 0) is 0 Å². The first-order chi connectivity index (χ1) is 8.58. The fourth-order valence-electron chi connectivity index (χ4n) is 2.09. The Labute approximate surface area is 114 Å². The average Bonchev–Trinajstić information content (AvgIpc) is 2.34. The average molecular weight is 263 g/mol. The van der Waals surface area contributed by atoms with E-state index in [1.54, 1.807) is 0 Å². The molecule has 96 valence electrons. The van der Waals surface area contributed by atoms with Crippen molar-refractivity contribution in [1.29, 1.82) is 0 Å². The molecule has 0 aliphatic carbocycles. The third kappa shape index (κ3) is 2.94. The van der Waals surface area contributed by atoms with Crippen LogP contribution < -0.4 is 4.90 Å². The van der Waals surface area contributed by atoms with E-state index in [0.717, 1.165) is 24.2 Å². The minimum Gasteiger partial charge on any atom is -0.374 e. The van der Waals surface area contributed by atoms with Gasteiger partial charge < -0.3 is 4.90 Å². The van der Waals surface area contributed by atoms with Gasteiger partial charge in [0.05, 0.1) is 5.52 Å². The summed E-state index contributed by atoms with van der Waals surface area (Å²) in [6.45, 7) is 5.03. The molecule has 1 atom stereocenters. The van der Waals surface area contributed by atoms with E-state index in [-0.39, 0.29) is 5.38 Å². The highest BCUT2D eigenvalue weighted by Gasteiger charge is 2.08. The number of hydrogen-bond donors (Lipinski definition) is 0. The van der Waals surface area contributed by atoms with Crippen LogP contribution in [0.5, 0.6) is 0 Å². The summed E-state index contributed by atoms with van der Waals surface area (Å²) in [4.78, 5) is 6.82. The van der Waals surface area contributed by atoms with Crippen LogP contribution in [0.1, 0.15) is 19.0 Å². The van der Waals surface area contributed by atoms with Crippen molar-refractivity contribution in [1.82, 2.24) is 4.98 Å². The fraction of sp³-hybridized carbons (Fsp3) is 0.400. The summed E-state index contributed by atoms with van der Waals surface area (Å²) >= 11 is 6.02. The van der Waals surface area contributed by atoms with Crippen molar-refractivity contribution in [3.63, 3.8) is 0 Å². The van der Waals surface area contributed by atoms with Gasteiger partial charge in [-0.15, -0.1) is 11.6 Å². The van der Waals surface area contributed by atoms with Crippen molar-refractivity contribution in [2.24, 2.45) is 0 Å². The Morgan fingerprint density at radius 2 is 2.06 bits per heavy atom. The number of anilines is 1. The largest absolute Gasteiger partial charge is 0.374 e. The first-order valence-corrected chi connectivity index (χ1v) is 6.73. The first-order valence-electron chi connectivity index (χ1n) is 6.29. The number of aryl methyl sites for hydroxylation is 1. The molecule has 1 aromatic carbocycles. The number of nitrogens with zero attached hydrogens (tertiary/aromatic N) is 2. The van der Waals surface area contributed by atoms with Crippen molar-refractivity contribution in [2.75, 3.05) is 18.5 Å². The molecule has 0 amide bonds. The molecule has 2 aromatic rings. The molecule has 0 radical (unpaired) electrons. The number of para-hydroxylation sites is 1. The third-order valence-corrected chi connectivity index (χ3v) is 3.31. The molecule has 0 aliphatic heterocycles. The highest BCUT2D eigenvalue weighted by atomic mass is 35.5. The van der Waals surface area contributed by atoms with Crippen molar-refractivity contribution >= 4 is 28.2 Å². The lowest BCUT2D eigenvalue weighted by atomic mass is 10.1. The SMILES string of the molecule is Cc1cc(N(C)CCC(C)Cl)c2ccccc2n1. The standard InChI is InChI=1S/C15H19ClN2/c1-11(16)8-9-18(3)15-10-12(2)17-14-7-5-4-6-13(14)15/h4-7,10-11H,8-9H2,1-3H3. The number of hydrogen-bond acceptors (Lipinski definition) is 2. The number of fused-ring (bicyclic) bond motifs is 1. The predicted octanol–water partition coefficient (Wildman–Crippen LogP) is 4.00. The monoisotopic (exact) mass is 262 g/mol. The number of halogens is 1. The minimum absolute atomic E-state index is 0.210. The van der Waals surface area contributed by atoms with E-state index in [1.807, 2.05) is 19.9 Å². The van der Waals surface area contributed by atoms with Crippen LogP contribution in [0.2, 0.25) is 0 Å². The zero-order valence-electron chi connectivity index (χ0n) is 11.2. The van der Waals surface area contributed by atoms with Gasteiger partial charge in [-0.25, -0.2) is 0 Å². The highest BCUT2D eigenvalue weighted by molar-refractivity contribution is 6.20. The molecule has 1 unspecified atom stereocenters. The second kappa shape index (κ2) is 5.57. The maximum absolute atomic E-state index is 6.02. The van der Waals surface area contributed by atoms with Crippen LogP contribution in [-0.4, -0.2) is 24.0 Å². The molecule has 2 rings (SSSR count). The van der Waals surface area contributed by atoms with Crippen LogP contribution in [0, 0.1) is 6.92 Å². The van der Waals surface area contributed by atoms with Crippen LogP contribution >= 0.6 is 11.6 Å². The van der Waals surface area contributed by atoms with E-state index in [4.69, 9.17) is 11.6 Å². The summed E-state index contributed by atoms with van der Waals surface area (Å²) in [6, 6.07) is 10.4. The summed E-state index contributed by atoms with van der Waals surface area (Å²) in [5.74, 6) is 0. The summed E-state index contributed by atoms with van der Waals surface area (Å²) in [6.07, 6.45) is 0.980. The molecule has 0 saturated heterocycles. The lowest BCUT2D eigenvalue weighted by Gasteiger charge is -2.22. The van der Waals surface area contributed by atoms with Gasteiger partial charge in [-0.2, -0.15) is 0 Å². The summed E-state index contributed by atoms with van der Waals surface area (Å²) < 4.78 is 0. The Morgan fingerprint density at radius 1 is 1.33 bits per heavy atom. The number of pyridine rings is 1. The highest BCUT2D eigenvalue weighted by Crippen LogP contribution is 2.26. The van der Waals surface area contributed by atoms with Gasteiger partial charge in [0.2, 0.25) is 0 Å². The van der Waals surface area contributed by atoms with E-state index >= 15 is 0 Å². The molecule has 1 aromatic heterocycles. The van der Waals surface area contributed by atoms with Crippen LogP contribution in [0.4, 0.5) is 5.69 Å². The number of aromatic nitrogens is 1. The molecule has 0 spiro atoms. The van der Waals surface area contributed by atoms with Crippen molar-refractivity contribution in [2.45, 2.75) is 25.6 Å². The zero-order chi connectivity index (χ0) is 13.1. The summed E-state index contributed by atoms with van der Waals surface area (Å²) in [5, 5.41) is 1.41. The van der Waals surface area contributed by atoms with E-state index in [0.29, 0.717) is 0 Å². The summed E-state index contributed by atoms with van der Waals surface area (Å²) in [5.41, 5.74) is 3.34. The molecule has 2 nitrogen and oxygen atoms in total. The van der Waals surface area contributed by atoms with Gasteiger partial charge in [0.25, 0.3) is 0 Å². The minimum atomic E-state index is 0.210. The van der Waals surface area contributed by atoms with Gasteiger partial charge in [0.1, 0.15) is 0 Å². The van der Waals surface area contributed by atoms with Crippen molar-refractivity contribution in [3.05, 3.63) is 36.0 Å². The maximum Gasteiger partial charge on any atom is 0.0726 e. The molecule has 18 heavy (non-hydrogen) atoms. The lowest BCUT2D eigenvalue weighted by Crippen LogP contribution is -2.21. The van der Waals surface area contributed by atoms with E-state index in [2.05, 4.69) is 41.2 Å². The molecule has 0 fully saturated rings. The van der Waals surface area contributed by atoms with Gasteiger partial charge >= 0.3 is 0 Å². The van der Waals surface area contributed by atoms with Crippen LogP contribution in [0.3, 0.4) is 0 Å². The van der Waals surface area contributed by atoms with Crippen molar-refractivity contribution < 1.29 is 0 Å². The molecular weight excluding hydrogens is 244 g/mol. The van der Waals surface area contributed by atoms with Gasteiger partial charge in [-0.3, -0.25) is 4.98 Å². The second-order valence-electron chi connectivity index (χ2n) is 4.79. The quantitative estimate of drug-likeness (QED) is 0.775. The normalized spacial score (nSPS) is 12.7. The molecule has 0 saturated carbocycles. The molecule has 0 aliphatic rings. The molecule has 3 heteroatoms. The molecular formula is C15H19ClN2. The smallest absolute Gasteiger partial charge is 0.0726 e. The topological polar surface area (TPSA) is 16.1 Å². The molecule has 1 heterocycles. The van der Waals surface area contributed by atoms with E-state index < -0.39 is 0 Å². The van der Waals surface area contributed by atoms with Crippen LogP contribution in [0.15, 0.2) is 30.3 Å². The molecule has 0 N–H and O–H groups in total. The van der Waals surface area contributed by atoms with Gasteiger partial charge in [-0.05, 0) is 32.4 Å². The predicted molar refractivity (Wildman–Crippen MR) is 79.7 cm³/mol. The zero-order valence-corrected chi connectivity index (χ0v) is 11.9. The third-order valence-electron chi connectivity index (χ3n) is 3.10. The molecule has 0 bridgehead atoms. The Bertz CT molecular complexity index is 537. The maximum atomic E-state index is 6.02. The van der Waals surface area contributed by atoms with Gasteiger partial charge in [0.15, 0.2) is 0 Å². The number of rotatable bonds is 4.